The van der Waals surface area contributed by atoms with Gasteiger partial charge in [0.15, 0.2) is 11.6 Å². The van der Waals surface area contributed by atoms with Crippen LogP contribution in [-0.4, -0.2) is 54.8 Å². The quantitative estimate of drug-likeness (QED) is 0.325. The second kappa shape index (κ2) is 10.2. The molecule has 2 aliphatic heterocycles. The van der Waals surface area contributed by atoms with Crippen LogP contribution in [0.5, 0.6) is 5.75 Å². The summed E-state index contributed by atoms with van der Waals surface area (Å²) in [7, 11) is 0. The molecule has 2 aromatic carbocycles. The molecule has 5 aliphatic rings. The van der Waals surface area contributed by atoms with E-state index in [1.165, 1.54) is 11.0 Å². The first kappa shape index (κ1) is 27.5. The van der Waals surface area contributed by atoms with Gasteiger partial charge in [-0.05, 0) is 86.6 Å². The van der Waals surface area contributed by atoms with Crippen LogP contribution in [0.4, 0.5) is 11.4 Å². The van der Waals surface area contributed by atoms with E-state index in [9.17, 15) is 24.3 Å². The fourth-order valence-corrected chi connectivity index (χ4v) is 7.79. The number of Topliss-reactive ketones (excluding diaryl/α,β-unsaturated/α-hetero) is 1. The van der Waals surface area contributed by atoms with Crippen LogP contribution >= 0.6 is 0 Å². The number of allylic oxidation sites excluding steroid dienone is 6. The number of hydrogen-bond donors (Lipinski definition) is 1. The maximum atomic E-state index is 14.2. The number of aryl methyl sites for hydroxylation is 2. The number of nitrogens with zero attached hydrogens (tertiary/aromatic N) is 2. The van der Waals surface area contributed by atoms with Crippen molar-refractivity contribution in [3.05, 3.63) is 87.5 Å². The van der Waals surface area contributed by atoms with E-state index in [2.05, 4.69) is 4.90 Å². The lowest BCUT2D eigenvalue weighted by atomic mass is 9.59. The minimum Gasteiger partial charge on any atom is -0.507 e. The molecule has 43 heavy (non-hydrogen) atoms. The standard InChI is InChI=1S/C35H34N2O6/c1-18-14-21(15-19(2)32(18)39)29-24-8-9-25-30(26(24)17-27-28(38)16-20(3)33(40)31(27)29)35(42)37(34(25)41)23-6-4-22(5-7-23)36-10-12-43-13-11-36/h4-8,14-16,25-26,29-30,39H,9-13,17H2,1-3H3/t25-,26+,29-,30-/m0/s1. The topological polar surface area (TPSA) is 104 Å². The Balaban J connectivity index is 1.28. The zero-order valence-corrected chi connectivity index (χ0v) is 24.6. The first-order valence-corrected chi connectivity index (χ1v) is 15.0. The van der Waals surface area contributed by atoms with Crippen molar-refractivity contribution in [3.8, 4) is 5.75 Å². The molecule has 2 heterocycles. The van der Waals surface area contributed by atoms with E-state index in [4.69, 9.17) is 4.74 Å². The summed E-state index contributed by atoms with van der Waals surface area (Å²) < 4.78 is 5.45. The number of benzene rings is 2. The maximum absolute atomic E-state index is 14.2. The number of morpholine rings is 1. The van der Waals surface area contributed by atoms with Crippen molar-refractivity contribution in [3.63, 3.8) is 0 Å². The number of ketones is 2. The number of rotatable bonds is 3. The van der Waals surface area contributed by atoms with Crippen molar-refractivity contribution in [2.45, 2.75) is 39.5 Å². The maximum Gasteiger partial charge on any atom is 0.238 e. The van der Waals surface area contributed by atoms with Crippen LogP contribution in [0.25, 0.3) is 0 Å². The molecule has 0 unspecified atom stereocenters. The number of ether oxygens (including phenoxy) is 1. The number of imide groups is 1. The molecule has 2 amide bonds. The lowest BCUT2D eigenvalue weighted by molar-refractivity contribution is -0.123. The van der Waals surface area contributed by atoms with Gasteiger partial charge in [0.1, 0.15) is 5.75 Å². The number of amides is 2. The zero-order valence-electron chi connectivity index (χ0n) is 24.6. The summed E-state index contributed by atoms with van der Waals surface area (Å²) in [5.74, 6) is -2.75. The average molecular weight is 579 g/mol. The van der Waals surface area contributed by atoms with Crippen molar-refractivity contribution in [2.24, 2.45) is 17.8 Å². The Morgan fingerprint density at radius 1 is 0.860 bits per heavy atom. The normalized spacial score (nSPS) is 27.1. The molecule has 4 atom stereocenters. The smallest absolute Gasteiger partial charge is 0.238 e. The number of fused-ring (bicyclic) bond motifs is 3. The van der Waals surface area contributed by atoms with E-state index in [1.54, 1.807) is 6.92 Å². The summed E-state index contributed by atoms with van der Waals surface area (Å²) in [6.07, 6.45) is 4.05. The van der Waals surface area contributed by atoms with Crippen LogP contribution in [0, 0.1) is 31.6 Å². The van der Waals surface area contributed by atoms with Gasteiger partial charge in [-0.25, -0.2) is 0 Å². The third-order valence-corrected chi connectivity index (χ3v) is 9.90. The van der Waals surface area contributed by atoms with Gasteiger partial charge in [0.25, 0.3) is 0 Å². The molecule has 8 nitrogen and oxygen atoms in total. The number of phenolic OH excluding ortho intramolecular Hbond substituents is 1. The Bertz CT molecular complexity index is 1670. The van der Waals surface area contributed by atoms with E-state index in [-0.39, 0.29) is 35.6 Å². The van der Waals surface area contributed by atoms with Gasteiger partial charge >= 0.3 is 0 Å². The predicted octanol–water partition coefficient (Wildman–Crippen LogP) is 4.48. The van der Waals surface area contributed by atoms with E-state index >= 15 is 0 Å². The van der Waals surface area contributed by atoms with Gasteiger partial charge in [0.05, 0.1) is 30.7 Å². The molecular formula is C35H34N2O6. The minimum absolute atomic E-state index is 0.166. The first-order valence-electron chi connectivity index (χ1n) is 15.0. The highest BCUT2D eigenvalue weighted by molar-refractivity contribution is 6.25. The number of aromatic hydroxyl groups is 1. The lowest BCUT2D eigenvalue weighted by Gasteiger charge is -2.42. The molecule has 2 fully saturated rings. The van der Waals surface area contributed by atoms with Crippen LogP contribution in [0.15, 0.2) is 70.8 Å². The van der Waals surface area contributed by atoms with Gasteiger partial charge in [0.2, 0.25) is 11.8 Å². The highest BCUT2D eigenvalue weighted by Crippen LogP contribution is 2.55. The van der Waals surface area contributed by atoms with Crippen LogP contribution in [-0.2, 0) is 23.9 Å². The second-order valence-corrected chi connectivity index (χ2v) is 12.4. The van der Waals surface area contributed by atoms with Crippen molar-refractivity contribution < 1.29 is 29.0 Å². The Hall–Kier alpha value is -4.30. The lowest BCUT2D eigenvalue weighted by Crippen LogP contribution is -2.40. The molecule has 7 rings (SSSR count). The van der Waals surface area contributed by atoms with Crippen molar-refractivity contribution >= 4 is 34.8 Å². The van der Waals surface area contributed by atoms with Gasteiger partial charge < -0.3 is 14.7 Å². The molecule has 2 saturated heterocycles. The highest BCUT2D eigenvalue weighted by atomic mass is 16.5. The Kier molecular flexibility index (Phi) is 6.50. The molecule has 3 aliphatic carbocycles. The van der Waals surface area contributed by atoms with Gasteiger partial charge in [-0.1, -0.05) is 23.8 Å². The summed E-state index contributed by atoms with van der Waals surface area (Å²) in [5, 5.41) is 10.5. The molecular weight excluding hydrogens is 544 g/mol. The largest absolute Gasteiger partial charge is 0.507 e. The Labute approximate surface area is 250 Å². The summed E-state index contributed by atoms with van der Waals surface area (Å²) in [6, 6.07) is 11.3. The summed E-state index contributed by atoms with van der Waals surface area (Å²) in [4.78, 5) is 58.6. The van der Waals surface area contributed by atoms with E-state index < -0.39 is 23.7 Å². The monoisotopic (exact) mass is 578 g/mol. The molecule has 8 heteroatoms. The van der Waals surface area contributed by atoms with E-state index in [0.717, 1.165) is 29.9 Å². The fourth-order valence-electron chi connectivity index (χ4n) is 7.79. The third-order valence-electron chi connectivity index (χ3n) is 9.90. The van der Waals surface area contributed by atoms with Gasteiger partial charge in [-0.3, -0.25) is 24.1 Å². The Morgan fingerprint density at radius 3 is 2.19 bits per heavy atom. The molecule has 0 saturated carbocycles. The van der Waals surface area contributed by atoms with E-state index in [0.29, 0.717) is 53.2 Å². The molecule has 1 N–H and O–H groups in total. The number of carbonyl (C=O) groups excluding carboxylic acids is 4. The van der Waals surface area contributed by atoms with Gasteiger partial charge in [0, 0.05) is 41.4 Å². The minimum atomic E-state index is -0.628. The van der Waals surface area contributed by atoms with E-state index in [1.807, 2.05) is 56.3 Å². The summed E-state index contributed by atoms with van der Waals surface area (Å²) in [6.45, 7) is 8.19. The summed E-state index contributed by atoms with van der Waals surface area (Å²) >= 11 is 0. The van der Waals surface area contributed by atoms with Crippen molar-refractivity contribution in [1.29, 1.82) is 0 Å². The predicted molar refractivity (Wildman–Crippen MR) is 161 cm³/mol. The number of anilines is 2. The molecule has 0 bridgehead atoms. The summed E-state index contributed by atoms with van der Waals surface area (Å²) in [5.41, 5.74) is 5.91. The molecule has 0 spiro atoms. The van der Waals surface area contributed by atoms with Crippen LogP contribution in [0.3, 0.4) is 0 Å². The third kappa shape index (κ3) is 4.22. The molecule has 2 aromatic rings. The number of phenols is 1. The first-order chi connectivity index (χ1) is 20.7. The van der Waals surface area contributed by atoms with Crippen LogP contribution < -0.4 is 9.80 Å². The second-order valence-electron chi connectivity index (χ2n) is 12.4. The molecule has 0 radical (unpaired) electrons. The number of hydrogen-bond acceptors (Lipinski definition) is 7. The van der Waals surface area contributed by atoms with Gasteiger partial charge in [-0.2, -0.15) is 0 Å². The van der Waals surface area contributed by atoms with Crippen molar-refractivity contribution in [1.82, 2.24) is 0 Å². The SMILES string of the molecule is CC1=CC(=O)C2=C(C1=O)[C@@H](c1cc(C)c(O)c(C)c1)C1=CC[C@@H]3C(=O)N(c4ccc(N5CCOCC5)cc4)C(=O)[C@@H]3[C@@H]1C2. The highest BCUT2D eigenvalue weighted by Gasteiger charge is 2.56. The average Bonchev–Trinajstić information content (AvgIpc) is 3.27. The number of carbonyl (C=O) groups is 4. The van der Waals surface area contributed by atoms with Gasteiger partial charge in [-0.15, -0.1) is 0 Å². The Morgan fingerprint density at radius 2 is 1.51 bits per heavy atom. The fraction of sp³-hybridized carbons (Fsp3) is 0.371. The molecule has 220 valence electrons. The van der Waals surface area contributed by atoms with Crippen LogP contribution in [0.1, 0.15) is 42.4 Å². The van der Waals surface area contributed by atoms with Crippen LogP contribution in [0.2, 0.25) is 0 Å². The zero-order chi connectivity index (χ0) is 30.2. The van der Waals surface area contributed by atoms with Crippen molar-refractivity contribution in [2.75, 3.05) is 36.1 Å². The molecule has 0 aromatic heterocycles.